The first kappa shape index (κ1) is 25.5. The van der Waals surface area contributed by atoms with Gasteiger partial charge in [-0.25, -0.2) is 8.42 Å². The van der Waals surface area contributed by atoms with Crippen LogP contribution in [-0.4, -0.2) is 53.3 Å². The summed E-state index contributed by atoms with van der Waals surface area (Å²) in [5, 5.41) is 2.78. The lowest BCUT2D eigenvalue weighted by atomic mass is 10.1. The maximum Gasteiger partial charge on any atom is 0.230 e. The summed E-state index contributed by atoms with van der Waals surface area (Å²) in [6.07, 6.45) is 2.92. The number of ether oxygens (including phenoxy) is 2. The van der Waals surface area contributed by atoms with Gasteiger partial charge in [-0.2, -0.15) is 0 Å². The van der Waals surface area contributed by atoms with E-state index in [-0.39, 0.29) is 34.8 Å². The van der Waals surface area contributed by atoms with E-state index in [1.54, 1.807) is 37.3 Å². The summed E-state index contributed by atoms with van der Waals surface area (Å²) in [5.41, 5.74) is 2.59. The lowest BCUT2D eigenvalue weighted by Gasteiger charge is -2.18. The van der Waals surface area contributed by atoms with Crippen LogP contribution >= 0.6 is 15.9 Å². The molecule has 1 fully saturated rings. The molecule has 1 aliphatic heterocycles. The number of fused-ring (bicyclic) bond motifs is 1. The third kappa shape index (κ3) is 5.81. The second kappa shape index (κ2) is 10.6. The van der Waals surface area contributed by atoms with Crippen LogP contribution in [0, 0.1) is 5.92 Å². The molecule has 4 rings (SSSR count). The van der Waals surface area contributed by atoms with Gasteiger partial charge in [-0.15, -0.1) is 0 Å². The Balaban J connectivity index is 1.34. The predicted octanol–water partition coefficient (Wildman–Crippen LogP) is 3.29. The van der Waals surface area contributed by atoms with Crippen molar-refractivity contribution in [1.29, 1.82) is 0 Å². The van der Waals surface area contributed by atoms with Gasteiger partial charge in [0.25, 0.3) is 0 Å². The summed E-state index contributed by atoms with van der Waals surface area (Å²) in [6.45, 7) is 0.943. The highest BCUT2D eigenvalue weighted by molar-refractivity contribution is 9.10. The molecule has 2 aromatic rings. The lowest BCUT2D eigenvalue weighted by molar-refractivity contribution is -0.121. The molecule has 2 amide bonds. The SMILES string of the molecule is COc1ccc(CCNC(=O)CCS(=O)(=O)c2cc3c(cc2Br)CCN3C(=O)C2CC2)cc1OC. The maximum absolute atomic E-state index is 13.1. The molecule has 35 heavy (non-hydrogen) atoms. The minimum Gasteiger partial charge on any atom is -0.493 e. The van der Waals surface area contributed by atoms with E-state index in [0.29, 0.717) is 47.6 Å². The first-order valence-electron chi connectivity index (χ1n) is 11.6. The zero-order chi connectivity index (χ0) is 25.2. The van der Waals surface area contributed by atoms with E-state index in [4.69, 9.17) is 9.47 Å². The number of hydrogen-bond acceptors (Lipinski definition) is 6. The molecule has 10 heteroatoms. The average Bonchev–Trinajstić information content (AvgIpc) is 3.61. The van der Waals surface area contributed by atoms with Crippen molar-refractivity contribution < 1.29 is 27.5 Å². The van der Waals surface area contributed by atoms with E-state index >= 15 is 0 Å². The molecule has 188 valence electrons. The van der Waals surface area contributed by atoms with Crippen LogP contribution in [0.3, 0.4) is 0 Å². The fourth-order valence-corrected chi connectivity index (χ4v) is 6.67. The number of methoxy groups -OCH3 is 2. The molecule has 1 saturated carbocycles. The summed E-state index contributed by atoms with van der Waals surface area (Å²) in [4.78, 5) is 26.8. The number of nitrogens with zero attached hydrogens (tertiary/aromatic N) is 1. The van der Waals surface area contributed by atoms with Gasteiger partial charge in [0.1, 0.15) is 0 Å². The van der Waals surface area contributed by atoms with Crippen molar-refractivity contribution in [2.45, 2.75) is 37.0 Å². The Morgan fingerprint density at radius 2 is 1.86 bits per heavy atom. The van der Waals surface area contributed by atoms with Crippen LogP contribution in [0.1, 0.15) is 30.4 Å². The van der Waals surface area contributed by atoms with Crippen LogP contribution in [0.5, 0.6) is 11.5 Å². The zero-order valence-electron chi connectivity index (χ0n) is 19.8. The van der Waals surface area contributed by atoms with Crippen LogP contribution in [0.4, 0.5) is 5.69 Å². The van der Waals surface area contributed by atoms with Gasteiger partial charge in [0, 0.05) is 35.6 Å². The standard InChI is InChI=1S/C25H29BrN2O6S/c1-33-21-6-3-16(13-22(21)34-2)7-10-27-24(29)9-12-35(31,32)23-15-20-18(14-19(23)26)8-11-28(20)25(30)17-4-5-17/h3,6,13-15,17H,4-5,7-12H2,1-2H3,(H,27,29). The maximum atomic E-state index is 13.1. The van der Waals surface area contributed by atoms with Crippen molar-refractivity contribution in [1.82, 2.24) is 5.32 Å². The molecule has 8 nitrogen and oxygen atoms in total. The highest BCUT2D eigenvalue weighted by atomic mass is 79.9. The number of anilines is 1. The highest BCUT2D eigenvalue weighted by Crippen LogP contribution is 2.39. The minimum absolute atomic E-state index is 0.0624. The fraction of sp³-hybridized carbons (Fsp3) is 0.440. The normalized spacial score (nSPS) is 15.0. The van der Waals surface area contributed by atoms with Gasteiger partial charge in [-0.05, 0) is 77.0 Å². The van der Waals surface area contributed by atoms with Crippen LogP contribution in [0.15, 0.2) is 39.7 Å². The Morgan fingerprint density at radius 3 is 2.54 bits per heavy atom. The Bertz CT molecular complexity index is 1240. The van der Waals surface area contributed by atoms with Crippen LogP contribution in [0.2, 0.25) is 0 Å². The second-order valence-corrected chi connectivity index (χ2v) is 11.7. The Hall–Kier alpha value is -2.59. The third-order valence-corrected chi connectivity index (χ3v) is 9.01. The van der Waals surface area contributed by atoms with Gasteiger partial charge >= 0.3 is 0 Å². The minimum atomic E-state index is -3.73. The largest absolute Gasteiger partial charge is 0.493 e. The van der Waals surface area contributed by atoms with E-state index in [2.05, 4.69) is 21.2 Å². The predicted molar refractivity (Wildman–Crippen MR) is 136 cm³/mol. The quantitative estimate of drug-likeness (QED) is 0.475. The van der Waals surface area contributed by atoms with E-state index in [1.807, 2.05) is 12.1 Å². The number of benzene rings is 2. The monoisotopic (exact) mass is 564 g/mol. The van der Waals surface area contributed by atoms with Crippen LogP contribution < -0.4 is 19.7 Å². The molecule has 0 radical (unpaired) electrons. The lowest BCUT2D eigenvalue weighted by Crippen LogP contribution is -2.30. The first-order chi connectivity index (χ1) is 16.7. The summed E-state index contributed by atoms with van der Waals surface area (Å²) in [5.74, 6) is 0.721. The first-order valence-corrected chi connectivity index (χ1v) is 14.0. The second-order valence-electron chi connectivity index (χ2n) is 8.78. The van der Waals surface area contributed by atoms with Gasteiger partial charge in [0.2, 0.25) is 11.8 Å². The van der Waals surface area contributed by atoms with E-state index in [1.165, 1.54) is 0 Å². The molecule has 0 saturated heterocycles. The average molecular weight is 565 g/mol. The molecular formula is C25H29BrN2O6S. The summed E-state index contributed by atoms with van der Waals surface area (Å²) in [7, 11) is -0.604. The number of carbonyl (C=O) groups excluding carboxylic acids is 2. The topological polar surface area (TPSA) is 102 Å². The van der Waals surface area contributed by atoms with Crippen molar-refractivity contribution in [2.24, 2.45) is 5.92 Å². The number of amides is 2. The van der Waals surface area contributed by atoms with Gasteiger partial charge < -0.3 is 19.7 Å². The van der Waals surface area contributed by atoms with Crippen molar-refractivity contribution >= 4 is 43.3 Å². The number of carbonyl (C=O) groups is 2. The van der Waals surface area contributed by atoms with Gasteiger partial charge in [0.05, 0.1) is 24.9 Å². The van der Waals surface area contributed by atoms with Crippen molar-refractivity contribution in [3.05, 3.63) is 45.9 Å². The van der Waals surface area contributed by atoms with E-state index < -0.39 is 9.84 Å². The smallest absolute Gasteiger partial charge is 0.230 e. The molecule has 2 aromatic carbocycles. The number of halogens is 1. The number of rotatable bonds is 10. The van der Waals surface area contributed by atoms with Gasteiger partial charge in [0.15, 0.2) is 21.3 Å². The molecule has 1 N–H and O–H groups in total. The third-order valence-electron chi connectivity index (χ3n) is 6.34. The molecule has 0 aromatic heterocycles. The zero-order valence-corrected chi connectivity index (χ0v) is 22.2. The van der Waals surface area contributed by atoms with E-state index in [0.717, 1.165) is 24.0 Å². The molecule has 1 aliphatic carbocycles. The van der Waals surface area contributed by atoms with Gasteiger partial charge in [-0.3, -0.25) is 9.59 Å². The Labute approximate surface area is 214 Å². The number of nitrogens with one attached hydrogen (secondary N) is 1. The van der Waals surface area contributed by atoms with Gasteiger partial charge in [-0.1, -0.05) is 6.07 Å². The van der Waals surface area contributed by atoms with Crippen molar-refractivity contribution in [2.75, 3.05) is 38.0 Å². The van der Waals surface area contributed by atoms with Crippen molar-refractivity contribution in [3.8, 4) is 11.5 Å². The summed E-state index contributed by atoms with van der Waals surface area (Å²) in [6, 6.07) is 8.90. The highest BCUT2D eigenvalue weighted by Gasteiger charge is 2.37. The summed E-state index contributed by atoms with van der Waals surface area (Å²) < 4.78 is 37.1. The molecule has 2 aliphatic rings. The van der Waals surface area contributed by atoms with E-state index in [9.17, 15) is 18.0 Å². The summed E-state index contributed by atoms with van der Waals surface area (Å²) >= 11 is 3.38. The number of sulfone groups is 1. The Kier molecular flexibility index (Phi) is 7.70. The molecule has 0 bridgehead atoms. The molecule has 0 spiro atoms. The molecule has 0 unspecified atom stereocenters. The fourth-order valence-electron chi connectivity index (χ4n) is 4.21. The molecule has 1 heterocycles. The molecular weight excluding hydrogens is 536 g/mol. The molecule has 0 atom stereocenters. The van der Waals surface area contributed by atoms with Crippen LogP contribution in [0.25, 0.3) is 0 Å². The van der Waals surface area contributed by atoms with Crippen LogP contribution in [-0.2, 0) is 32.3 Å². The van der Waals surface area contributed by atoms with Crippen molar-refractivity contribution in [3.63, 3.8) is 0 Å². The number of hydrogen-bond donors (Lipinski definition) is 1. The Morgan fingerprint density at radius 1 is 1.11 bits per heavy atom.